The molecule has 9 nitrogen and oxygen atoms in total. The Hall–Kier alpha value is -2.59. The number of aromatic nitrogens is 5. The van der Waals surface area contributed by atoms with E-state index in [2.05, 4.69) is 47.3 Å². The fourth-order valence-corrected chi connectivity index (χ4v) is 5.18. The van der Waals surface area contributed by atoms with E-state index in [1.54, 1.807) is 22.2 Å². The monoisotopic (exact) mass is 440 g/mol. The van der Waals surface area contributed by atoms with Gasteiger partial charge in [-0.2, -0.15) is 4.52 Å². The second-order valence-corrected chi connectivity index (χ2v) is 9.22. The van der Waals surface area contributed by atoms with Gasteiger partial charge in [0.15, 0.2) is 5.65 Å². The van der Waals surface area contributed by atoms with E-state index in [0.717, 1.165) is 82.2 Å². The van der Waals surface area contributed by atoms with Crippen LogP contribution < -0.4 is 4.90 Å². The summed E-state index contributed by atoms with van der Waals surface area (Å²) in [6.07, 6.45) is 4.36. The number of anilines is 1. The number of hydrogen-bond acceptors (Lipinski definition) is 8. The second-order valence-electron chi connectivity index (χ2n) is 8.27. The summed E-state index contributed by atoms with van der Waals surface area (Å²) in [5.41, 5.74) is 1.90. The first-order chi connectivity index (χ1) is 15.2. The van der Waals surface area contributed by atoms with Gasteiger partial charge in [-0.1, -0.05) is 6.92 Å². The van der Waals surface area contributed by atoms with Crippen molar-refractivity contribution in [1.82, 2.24) is 34.6 Å². The molecule has 0 aromatic carbocycles. The van der Waals surface area contributed by atoms with E-state index in [1.165, 1.54) is 5.01 Å². The van der Waals surface area contributed by atoms with Crippen LogP contribution in [0.3, 0.4) is 0 Å². The van der Waals surface area contributed by atoms with Crippen LogP contribution in [0.25, 0.3) is 5.65 Å². The highest BCUT2D eigenvalue weighted by Gasteiger charge is 2.31. The minimum absolute atomic E-state index is 0.118. The van der Waals surface area contributed by atoms with Gasteiger partial charge in [-0.15, -0.1) is 26.6 Å². The minimum Gasteiger partial charge on any atom is -0.355 e. The number of amides is 1. The van der Waals surface area contributed by atoms with Crippen molar-refractivity contribution in [2.75, 3.05) is 44.2 Å². The SMILES string of the molecule is CCc1nc(CN2CCN(C(=O)C3CCN(c4ccc5nncn5n4)CC3)CC2)cs1. The number of carbonyl (C=O) groups is 1. The molecule has 0 aliphatic carbocycles. The van der Waals surface area contributed by atoms with Crippen molar-refractivity contribution in [1.29, 1.82) is 0 Å². The average Bonchev–Trinajstić information content (AvgIpc) is 3.48. The van der Waals surface area contributed by atoms with Crippen LogP contribution in [-0.2, 0) is 17.8 Å². The third-order valence-corrected chi connectivity index (χ3v) is 7.33. The van der Waals surface area contributed by atoms with Crippen LogP contribution in [0.5, 0.6) is 0 Å². The van der Waals surface area contributed by atoms with E-state index < -0.39 is 0 Å². The third kappa shape index (κ3) is 4.40. The largest absolute Gasteiger partial charge is 0.355 e. The smallest absolute Gasteiger partial charge is 0.225 e. The lowest BCUT2D eigenvalue weighted by atomic mass is 9.95. The molecule has 0 bridgehead atoms. The molecular formula is C21H28N8OS. The molecule has 5 rings (SSSR count). The van der Waals surface area contributed by atoms with Crippen molar-refractivity contribution < 1.29 is 4.79 Å². The first-order valence-corrected chi connectivity index (χ1v) is 11.9. The van der Waals surface area contributed by atoms with Gasteiger partial charge in [0.1, 0.15) is 12.1 Å². The molecule has 0 radical (unpaired) electrons. The third-order valence-electron chi connectivity index (χ3n) is 6.29. The van der Waals surface area contributed by atoms with E-state index in [-0.39, 0.29) is 5.92 Å². The van der Waals surface area contributed by atoms with Crippen molar-refractivity contribution >= 4 is 28.7 Å². The number of carbonyl (C=O) groups excluding carboxylic acids is 1. The second kappa shape index (κ2) is 8.88. The summed E-state index contributed by atoms with van der Waals surface area (Å²) in [5.74, 6) is 1.36. The van der Waals surface area contributed by atoms with Crippen LogP contribution in [0.1, 0.15) is 30.5 Å². The van der Waals surface area contributed by atoms with Gasteiger partial charge in [0.2, 0.25) is 5.91 Å². The molecule has 2 saturated heterocycles. The lowest BCUT2D eigenvalue weighted by Crippen LogP contribution is -2.51. The quantitative estimate of drug-likeness (QED) is 0.597. The van der Waals surface area contributed by atoms with Crippen LogP contribution in [0.2, 0.25) is 0 Å². The predicted molar refractivity (Wildman–Crippen MR) is 119 cm³/mol. The molecule has 5 heterocycles. The first kappa shape index (κ1) is 20.3. The number of piperidine rings is 1. The Kier molecular flexibility index (Phi) is 5.82. The number of thiazole rings is 1. The Bertz CT molecular complexity index is 1030. The van der Waals surface area contributed by atoms with Gasteiger partial charge in [0.25, 0.3) is 0 Å². The predicted octanol–water partition coefficient (Wildman–Crippen LogP) is 1.70. The number of rotatable bonds is 5. The van der Waals surface area contributed by atoms with E-state index in [9.17, 15) is 4.79 Å². The van der Waals surface area contributed by atoms with Crippen molar-refractivity contribution in [3.8, 4) is 0 Å². The Balaban J connectivity index is 1.10. The zero-order valence-corrected chi connectivity index (χ0v) is 18.7. The Morgan fingerprint density at radius 2 is 1.94 bits per heavy atom. The molecule has 3 aromatic rings. The number of aryl methyl sites for hydroxylation is 1. The summed E-state index contributed by atoms with van der Waals surface area (Å²) in [7, 11) is 0. The van der Waals surface area contributed by atoms with Gasteiger partial charge in [-0.05, 0) is 31.4 Å². The van der Waals surface area contributed by atoms with Gasteiger partial charge in [0.05, 0.1) is 10.7 Å². The van der Waals surface area contributed by atoms with Crippen LogP contribution >= 0.6 is 11.3 Å². The van der Waals surface area contributed by atoms with Gasteiger partial charge in [-0.3, -0.25) is 9.69 Å². The van der Waals surface area contributed by atoms with Crippen molar-refractivity contribution in [2.45, 2.75) is 32.7 Å². The zero-order valence-electron chi connectivity index (χ0n) is 17.9. The summed E-state index contributed by atoms with van der Waals surface area (Å²) < 4.78 is 1.70. The highest BCUT2D eigenvalue weighted by Crippen LogP contribution is 2.24. The number of nitrogens with zero attached hydrogens (tertiary/aromatic N) is 8. The number of hydrogen-bond donors (Lipinski definition) is 0. The molecule has 31 heavy (non-hydrogen) atoms. The zero-order chi connectivity index (χ0) is 21.2. The summed E-state index contributed by atoms with van der Waals surface area (Å²) in [6.45, 7) is 8.20. The topological polar surface area (TPSA) is 82.8 Å². The molecule has 1 amide bonds. The molecular weight excluding hydrogens is 412 g/mol. The van der Waals surface area contributed by atoms with Crippen LogP contribution in [0.15, 0.2) is 23.8 Å². The summed E-state index contributed by atoms with van der Waals surface area (Å²) >= 11 is 1.74. The summed E-state index contributed by atoms with van der Waals surface area (Å²) in [6, 6.07) is 3.91. The van der Waals surface area contributed by atoms with Crippen molar-refractivity contribution in [2.24, 2.45) is 5.92 Å². The van der Waals surface area contributed by atoms with Crippen molar-refractivity contribution in [3.05, 3.63) is 34.5 Å². The highest BCUT2D eigenvalue weighted by atomic mass is 32.1. The van der Waals surface area contributed by atoms with Crippen LogP contribution in [0.4, 0.5) is 5.82 Å². The van der Waals surface area contributed by atoms with Crippen molar-refractivity contribution in [3.63, 3.8) is 0 Å². The standard InChI is InChI=1S/C21H28N8OS/c1-2-20-23-17(14-31-20)13-26-9-11-28(12-10-26)21(30)16-5-7-27(8-6-16)19-4-3-18-24-22-15-29(18)25-19/h3-4,14-16H,2,5-13H2,1H3. The molecule has 0 atom stereocenters. The summed E-state index contributed by atoms with van der Waals surface area (Å²) in [4.78, 5) is 24.5. The Morgan fingerprint density at radius 3 is 2.68 bits per heavy atom. The maximum absolute atomic E-state index is 13.1. The van der Waals surface area contributed by atoms with E-state index in [4.69, 9.17) is 0 Å². The molecule has 0 saturated carbocycles. The molecule has 164 valence electrons. The van der Waals surface area contributed by atoms with Gasteiger partial charge >= 0.3 is 0 Å². The fourth-order valence-electron chi connectivity index (χ4n) is 4.44. The van der Waals surface area contributed by atoms with Crippen LogP contribution in [-0.4, -0.2) is 79.8 Å². The Labute approximate surface area is 185 Å². The Morgan fingerprint density at radius 1 is 1.13 bits per heavy atom. The van der Waals surface area contributed by atoms with Gasteiger partial charge in [0, 0.05) is 57.1 Å². The lowest BCUT2D eigenvalue weighted by molar-refractivity contribution is -0.138. The van der Waals surface area contributed by atoms with Crippen LogP contribution in [0, 0.1) is 5.92 Å². The summed E-state index contributed by atoms with van der Waals surface area (Å²) in [5, 5.41) is 15.8. The molecule has 2 aliphatic rings. The van der Waals surface area contributed by atoms with Gasteiger partial charge in [-0.25, -0.2) is 4.98 Å². The molecule has 0 spiro atoms. The molecule has 2 fully saturated rings. The van der Waals surface area contributed by atoms with Gasteiger partial charge < -0.3 is 9.80 Å². The maximum atomic E-state index is 13.1. The fraction of sp³-hybridized carbons (Fsp3) is 0.571. The molecule has 0 unspecified atom stereocenters. The minimum atomic E-state index is 0.118. The number of fused-ring (bicyclic) bond motifs is 1. The molecule has 2 aliphatic heterocycles. The average molecular weight is 441 g/mol. The number of piperazine rings is 1. The normalized spacial score (nSPS) is 18.7. The maximum Gasteiger partial charge on any atom is 0.225 e. The van der Waals surface area contributed by atoms with E-state index in [1.807, 2.05) is 12.1 Å². The molecule has 3 aromatic heterocycles. The molecule has 10 heteroatoms. The molecule has 0 N–H and O–H groups in total. The van der Waals surface area contributed by atoms with E-state index in [0.29, 0.717) is 5.91 Å². The first-order valence-electron chi connectivity index (χ1n) is 11.1. The highest BCUT2D eigenvalue weighted by molar-refractivity contribution is 7.09. The van der Waals surface area contributed by atoms with E-state index >= 15 is 0 Å². The lowest BCUT2D eigenvalue weighted by Gasteiger charge is -2.38.